The Kier molecular flexibility index (Phi) is 28.5. The first-order valence-corrected chi connectivity index (χ1v) is 15.1. The molecule has 0 rings (SSSR count). The molecule has 0 saturated heterocycles. The zero-order valence-corrected chi connectivity index (χ0v) is 22.7. The van der Waals surface area contributed by atoms with Gasteiger partial charge in [-0.2, -0.15) is 0 Å². The molecule has 0 aliphatic rings. The van der Waals surface area contributed by atoms with Crippen molar-refractivity contribution in [2.24, 2.45) is 0 Å². The van der Waals surface area contributed by atoms with Crippen LogP contribution in [-0.4, -0.2) is 12.6 Å². The molecule has 2 nitrogen and oxygen atoms in total. The fourth-order valence-electron chi connectivity index (χ4n) is 4.65. The number of carbonyl (C=O) groups is 1. The van der Waals surface area contributed by atoms with Gasteiger partial charge >= 0.3 is 5.97 Å². The van der Waals surface area contributed by atoms with Gasteiger partial charge in [0, 0.05) is 6.08 Å². The second kappa shape index (κ2) is 29.2. The van der Waals surface area contributed by atoms with Crippen molar-refractivity contribution in [3.8, 4) is 0 Å². The Morgan fingerprint density at radius 3 is 0.970 bits per heavy atom. The number of carbonyl (C=O) groups excluding carboxylic acids is 1. The molecule has 196 valence electrons. The summed E-state index contributed by atoms with van der Waals surface area (Å²) in [5.41, 5.74) is 0. The van der Waals surface area contributed by atoms with E-state index in [1.54, 1.807) is 0 Å². The van der Waals surface area contributed by atoms with Gasteiger partial charge in [0.1, 0.15) is 0 Å². The number of unbranched alkanes of at least 4 members (excludes halogenated alkanes) is 25. The Bertz CT molecular complexity index is 390. The summed E-state index contributed by atoms with van der Waals surface area (Å²) in [7, 11) is 0. The van der Waals surface area contributed by atoms with Crippen molar-refractivity contribution in [2.75, 3.05) is 6.61 Å². The Morgan fingerprint density at radius 1 is 0.485 bits per heavy atom. The van der Waals surface area contributed by atoms with Crippen molar-refractivity contribution in [3.63, 3.8) is 0 Å². The summed E-state index contributed by atoms with van der Waals surface area (Å²) in [6.07, 6.45) is 37.8. The third-order valence-corrected chi connectivity index (χ3v) is 6.91. The molecular formula is C31H60O2. The molecule has 0 aromatic carbocycles. The molecule has 0 heterocycles. The van der Waals surface area contributed by atoms with E-state index in [9.17, 15) is 4.79 Å². The lowest BCUT2D eigenvalue weighted by molar-refractivity contribution is -0.137. The molecule has 0 N–H and O–H groups in total. The summed E-state index contributed by atoms with van der Waals surface area (Å²) in [4.78, 5) is 10.9. The molecule has 0 spiro atoms. The van der Waals surface area contributed by atoms with E-state index >= 15 is 0 Å². The molecule has 0 aromatic rings. The maximum Gasteiger partial charge on any atom is 0.330 e. The third kappa shape index (κ3) is 29.2. The van der Waals surface area contributed by atoms with Crippen LogP contribution >= 0.6 is 0 Å². The van der Waals surface area contributed by atoms with Crippen molar-refractivity contribution in [3.05, 3.63) is 12.7 Å². The predicted molar refractivity (Wildman–Crippen MR) is 147 cm³/mol. The van der Waals surface area contributed by atoms with Gasteiger partial charge in [-0.25, -0.2) is 4.79 Å². The molecule has 0 amide bonds. The molecule has 0 saturated carbocycles. The van der Waals surface area contributed by atoms with Crippen LogP contribution in [0.4, 0.5) is 0 Å². The Balaban J connectivity index is 3.02. The third-order valence-electron chi connectivity index (χ3n) is 6.91. The van der Waals surface area contributed by atoms with Crippen LogP contribution in [0.1, 0.15) is 174 Å². The van der Waals surface area contributed by atoms with E-state index in [0.717, 1.165) is 6.42 Å². The number of esters is 1. The van der Waals surface area contributed by atoms with Crippen molar-refractivity contribution in [1.29, 1.82) is 0 Å². The van der Waals surface area contributed by atoms with E-state index in [1.165, 1.54) is 167 Å². The highest BCUT2D eigenvalue weighted by Crippen LogP contribution is 2.15. The van der Waals surface area contributed by atoms with E-state index in [-0.39, 0.29) is 5.97 Å². The zero-order valence-electron chi connectivity index (χ0n) is 22.7. The summed E-state index contributed by atoms with van der Waals surface area (Å²) < 4.78 is 4.99. The molecule has 0 fully saturated rings. The van der Waals surface area contributed by atoms with Gasteiger partial charge in [0.05, 0.1) is 6.61 Å². The smallest absolute Gasteiger partial charge is 0.330 e. The monoisotopic (exact) mass is 464 g/mol. The largest absolute Gasteiger partial charge is 0.463 e. The lowest BCUT2D eigenvalue weighted by atomic mass is 10.0. The van der Waals surface area contributed by atoms with Gasteiger partial charge < -0.3 is 4.74 Å². The highest BCUT2D eigenvalue weighted by molar-refractivity contribution is 5.81. The summed E-state index contributed by atoms with van der Waals surface area (Å²) in [5, 5.41) is 0. The van der Waals surface area contributed by atoms with E-state index in [4.69, 9.17) is 4.74 Å². The minimum atomic E-state index is -0.297. The van der Waals surface area contributed by atoms with Gasteiger partial charge in [0.2, 0.25) is 0 Å². The lowest BCUT2D eigenvalue weighted by Gasteiger charge is -2.04. The average molecular weight is 465 g/mol. The van der Waals surface area contributed by atoms with E-state index in [1.807, 2.05) is 0 Å². The molecule has 2 heteroatoms. The van der Waals surface area contributed by atoms with Crippen LogP contribution in [0.3, 0.4) is 0 Å². The first-order chi connectivity index (χ1) is 16.3. The van der Waals surface area contributed by atoms with Crippen LogP contribution in [0.5, 0.6) is 0 Å². The quantitative estimate of drug-likeness (QED) is 0.0653. The summed E-state index contributed by atoms with van der Waals surface area (Å²) in [6, 6.07) is 0. The molecular weight excluding hydrogens is 404 g/mol. The number of hydrogen-bond acceptors (Lipinski definition) is 2. The summed E-state index contributed by atoms with van der Waals surface area (Å²) in [5.74, 6) is -0.297. The van der Waals surface area contributed by atoms with Crippen LogP contribution in [0.2, 0.25) is 0 Å². The highest BCUT2D eigenvalue weighted by atomic mass is 16.5. The topological polar surface area (TPSA) is 26.3 Å². The van der Waals surface area contributed by atoms with Gasteiger partial charge in [-0.1, -0.05) is 174 Å². The summed E-state index contributed by atoms with van der Waals surface area (Å²) >= 11 is 0. The van der Waals surface area contributed by atoms with Crippen LogP contribution in [0.25, 0.3) is 0 Å². The van der Waals surface area contributed by atoms with Gasteiger partial charge in [0.25, 0.3) is 0 Å². The van der Waals surface area contributed by atoms with Crippen LogP contribution in [-0.2, 0) is 9.53 Å². The van der Waals surface area contributed by atoms with Crippen LogP contribution in [0.15, 0.2) is 12.7 Å². The van der Waals surface area contributed by atoms with Gasteiger partial charge in [-0.05, 0) is 6.42 Å². The molecule has 33 heavy (non-hydrogen) atoms. The Hall–Kier alpha value is -0.790. The van der Waals surface area contributed by atoms with Gasteiger partial charge in [-0.15, -0.1) is 0 Å². The maximum atomic E-state index is 10.9. The minimum absolute atomic E-state index is 0.297. The first-order valence-electron chi connectivity index (χ1n) is 15.1. The SMILES string of the molecule is C=CC(=O)OCCCCCCCCCCCCCCCCCCCCCCCCCCCC. The van der Waals surface area contributed by atoms with E-state index < -0.39 is 0 Å². The normalized spacial score (nSPS) is 11.1. The van der Waals surface area contributed by atoms with Crippen molar-refractivity contribution < 1.29 is 9.53 Å². The second-order valence-corrected chi connectivity index (χ2v) is 10.2. The van der Waals surface area contributed by atoms with Crippen molar-refractivity contribution >= 4 is 5.97 Å². The van der Waals surface area contributed by atoms with E-state index in [2.05, 4.69) is 13.5 Å². The number of ether oxygens (including phenoxy) is 1. The fraction of sp³-hybridized carbons (Fsp3) is 0.903. The molecule has 0 aliphatic heterocycles. The minimum Gasteiger partial charge on any atom is -0.463 e. The average Bonchev–Trinajstić information content (AvgIpc) is 2.83. The van der Waals surface area contributed by atoms with Crippen LogP contribution in [0, 0.1) is 0 Å². The number of hydrogen-bond donors (Lipinski definition) is 0. The summed E-state index contributed by atoms with van der Waals surface area (Å²) in [6.45, 7) is 6.25. The van der Waals surface area contributed by atoms with E-state index in [0.29, 0.717) is 6.61 Å². The fourth-order valence-corrected chi connectivity index (χ4v) is 4.65. The van der Waals surface area contributed by atoms with Gasteiger partial charge in [-0.3, -0.25) is 0 Å². The first kappa shape index (κ1) is 32.2. The molecule has 0 unspecified atom stereocenters. The Labute approximate surface area is 208 Å². The van der Waals surface area contributed by atoms with Crippen LogP contribution < -0.4 is 0 Å². The second-order valence-electron chi connectivity index (χ2n) is 10.2. The van der Waals surface area contributed by atoms with Gasteiger partial charge in [0.15, 0.2) is 0 Å². The van der Waals surface area contributed by atoms with Crippen molar-refractivity contribution in [2.45, 2.75) is 174 Å². The highest BCUT2D eigenvalue weighted by Gasteiger charge is 1.97. The molecule has 0 aromatic heterocycles. The van der Waals surface area contributed by atoms with Crippen molar-refractivity contribution in [1.82, 2.24) is 0 Å². The zero-order chi connectivity index (χ0) is 24.1. The Morgan fingerprint density at radius 2 is 0.727 bits per heavy atom. The predicted octanol–water partition coefficient (Wildman–Crippen LogP) is 10.9. The molecule has 0 aliphatic carbocycles. The maximum absolute atomic E-state index is 10.9. The lowest BCUT2D eigenvalue weighted by Crippen LogP contribution is -2.01. The molecule has 0 bridgehead atoms. The number of rotatable bonds is 28. The molecule has 0 radical (unpaired) electrons. The standard InChI is InChI=1S/C31H60O2/c1-3-5-6-7-8-9-10-11-12-13-14-15-16-17-18-19-20-21-22-23-24-25-26-27-28-29-30-33-31(32)4-2/h4H,2-3,5-30H2,1H3. The molecule has 0 atom stereocenters.